The van der Waals surface area contributed by atoms with Crippen LogP contribution in [0.4, 0.5) is 10.1 Å². The largest absolute Gasteiger partial charge is 0.325 e. The first-order chi connectivity index (χ1) is 11.8. The third kappa shape index (κ3) is 5.26. The van der Waals surface area contributed by atoms with Gasteiger partial charge in [-0.2, -0.15) is 4.31 Å². The average molecular weight is 385 g/mol. The quantitative estimate of drug-likeness (QED) is 0.794. The van der Waals surface area contributed by atoms with E-state index >= 15 is 0 Å². The van der Waals surface area contributed by atoms with E-state index in [1.54, 1.807) is 0 Å². The van der Waals surface area contributed by atoms with Crippen molar-refractivity contribution in [3.63, 3.8) is 0 Å². The fourth-order valence-corrected chi connectivity index (χ4v) is 3.80. The smallest absolute Gasteiger partial charge is 0.243 e. The van der Waals surface area contributed by atoms with Gasteiger partial charge >= 0.3 is 0 Å². The molecule has 8 heteroatoms. The van der Waals surface area contributed by atoms with E-state index in [1.807, 2.05) is 6.92 Å². The molecule has 0 atom stereocenters. The van der Waals surface area contributed by atoms with Crippen LogP contribution in [0, 0.1) is 5.82 Å². The van der Waals surface area contributed by atoms with Crippen molar-refractivity contribution in [3.8, 4) is 0 Å². The molecule has 0 aliphatic rings. The van der Waals surface area contributed by atoms with Gasteiger partial charge in [-0.15, -0.1) is 0 Å². The maximum atomic E-state index is 12.9. The van der Waals surface area contributed by atoms with Crippen LogP contribution < -0.4 is 5.32 Å². The molecular weight excluding hydrogens is 367 g/mol. The highest BCUT2D eigenvalue weighted by Gasteiger charge is 2.26. The number of hydrogen-bond donors (Lipinski definition) is 1. The molecular formula is C17H18ClFN2O3S. The van der Waals surface area contributed by atoms with Gasteiger partial charge in [0.05, 0.1) is 11.4 Å². The summed E-state index contributed by atoms with van der Waals surface area (Å²) in [5.41, 5.74) is 0.395. The molecule has 0 aliphatic carbocycles. The van der Waals surface area contributed by atoms with E-state index in [4.69, 9.17) is 11.6 Å². The molecule has 5 nitrogen and oxygen atoms in total. The van der Waals surface area contributed by atoms with Crippen molar-refractivity contribution in [1.82, 2.24) is 4.31 Å². The summed E-state index contributed by atoms with van der Waals surface area (Å²) in [7, 11) is -3.82. The molecule has 2 aromatic carbocycles. The van der Waals surface area contributed by atoms with Crippen LogP contribution in [0.15, 0.2) is 53.4 Å². The molecule has 0 radical (unpaired) electrons. The summed E-state index contributed by atoms with van der Waals surface area (Å²) >= 11 is 5.79. The molecule has 2 rings (SSSR count). The Hall–Kier alpha value is -1.96. The van der Waals surface area contributed by atoms with Gasteiger partial charge in [0, 0.05) is 17.3 Å². The van der Waals surface area contributed by atoms with Crippen molar-refractivity contribution in [2.75, 3.05) is 18.4 Å². The highest BCUT2D eigenvalue weighted by atomic mass is 35.5. The topological polar surface area (TPSA) is 66.5 Å². The number of carbonyl (C=O) groups is 1. The van der Waals surface area contributed by atoms with Gasteiger partial charge in [0.2, 0.25) is 15.9 Å². The number of sulfonamides is 1. The third-order valence-corrected chi connectivity index (χ3v) is 5.48. The number of nitrogens with zero attached hydrogens (tertiary/aromatic N) is 1. The Labute approximate surface area is 151 Å². The minimum absolute atomic E-state index is 0.0694. The second kappa shape index (κ2) is 8.42. The van der Waals surface area contributed by atoms with Gasteiger partial charge in [0.1, 0.15) is 5.82 Å². The van der Waals surface area contributed by atoms with Gasteiger partial charge in [0.25, 0.3) is 0 Å². The molecule has 0 saturated carbocycles. The Morgan fingerprint density at radius 1 is 1.12 bits per heavy atom. The number of benzene rings is 2. The van der Waals surface area contributed by atoms with E-state index in [2.05, 4.69) is 5.32 Å². The number of nitrogens with one attached hydrogen (secondary N) is 1. The summed E-state index contributed by atoms with van der Waals surface area (Å²) in [5.74, 6) is -0.923. The lowest BCUT2D eigenvalue weighted by atomic mass is 10.3. The second-order valence-corrected chi connectivity index (χ2v) is 7.72. The SMILES string of the molecule is CCCN(CC(=O)Nc1ccc(F)cc1)S(=O)(=O)c1ccc(Cl)cc1. The molecule has 0 aromatic heterocycles. The van der Waals surface area contributed by atoms with E-state index in [1.165, 1.54) is 48.5 Å². The van der Waals surface area contributed by atoms with Crippen molar-refractivity contribution in [3.05, 3.63) is 59.4 Å². The molecule has 1 amide bonds. The Bertz CT molecular complexity index is 824. The summed E-state index contributed by atoms with van der Waals surface area (Å²) in [6.45, 7) is 1.68. The number of carbonyl (C=O) groups excluding carboxylic acids is 1. The van der Waals surface area contributed by atoms with E-state index in [-0.39, 0.29) is 18.0 Å². The van der Waals surface area contributed by atoms with E-state index in [0.717, 1.165) is 4.31 Å². The lowest BCUT2D eigenvalue weighted by molar-refractivity contribution is -0.116. The molecule has 0 heterocycles. The standard InChI is InChI=1S/C17H18ClFN2O3S/c1-2-11-21(25(23,24)16-9-3-13(18)4-10-16)12-17(22)20-15-7-5-14(19)6-8-15/h3-10H,2,11-12H2,1H3,(H,20,22). The minimum Gasteiger partial charge on any atom is -0.325 e. The van der Waals surface area contributed by atoms with E-state index in [0.29, 0.717) is 17.1 Å². The predicted octanol–water partition coefficient (Wildman–Crippen LogP) is 3.52. The molecule has 0 saturated heterocycles. The van der Waals surface area contributed by atoms with Crippen LogP contribution >= 0.6 is 11.6 Å². The maximum absolute atomic E-state index is 12.9. The summed E-state index contributed by atoms with van der Waals surface area (Å²) < 4.78 is 39.4. The summed E-state index contributed by atoms with van der Waals surface area (Å²) in [4.78, 5) is 12.3. The van der Waals surface area contributed by atoms with Gasteiger partial charge in [-0.05, 0) is 55.0 Å². The number of halogens is 2. The predicted molar refractivity (Wildman–Crippen MR) is 95.5 cm³/mol. The molecule has 0 aliphatic heterocycles. The second-order valence-electron chi connectivity index (χ2n) is 5.35. The fraction of sp³-hybridized carbons (Fsp3) is 0.235. The molecule has 0 unspecified atom stereocenters. The monoisotopic (exact) mass is 384 g/mol. The number of anilines is 1. The lowest BCUT2D eigenvalue weighted by Gasteiger charge is -2.21. The molecule has 1 N–H and O–H groups in total. The molecule has 0 fully saturated rings. The highest BCUT2D eigenvalue weighted by Crippen LogP contribution is 2.19. The first-order valence-corrected chi connectivity index (χ1v) is 9.46. The maximum Gasteiger partial charge on any atom is 0.243 e. The Morgan fingerprint density at radius 2 is 1.72 bits per heavy atom. The highest BCUT2D eigenvalue weighted by molar-refractivity contribution is 7.89. The van der Waals surface area contributed by atoms with Gasteiger partial charge in [0.15, 0.2) is 0 Å². The molecule has 134 valence electrons. The Balaban J connectivity index is 2.15. The summed E-state index contributed by atoms with van der Waals surface area (Å²) in [6, 6.07) is 11.0. The number of rotatable bonds is 7. The molecule has 25 heavy (non-hydrogen) atoms. The van der Waals surface area contributed by atoms with Crippen molar-refractivity contribution >= 4 is 33.2 Å². The van der Waals surface area contributed by atoms with Crippen LogP contribution in [-0.2, 0) is 14.8 Å². The first kappa shape index (κ1) is 19.4. The normalized spacial score (nSPS) is 11.5. The van der Waals surface area contributed by atoms with Crippen LogP contribution in [-0.4, -0.2) is 31.7 Å². The van der Waals surface area contributed by atoms with Gasteiger partial charge in [-0.25, -0.2) is 12.8 Å². The molecule has 0 spiro atoms. The van der Waals surface area contributed by atoms with Crippen LogP contribution in [0.3, 0.4) is 0 Å². The van der Waals surface area contributed by atoms with Crippen LogP contribution in [0.5, 0.6) is 0 Å². The number of amides is 1. The van der Waals surface area contributed by atoms with E-state index in [9.17, 15) is 17.6 Å². The summed E-state index contributed by atoms with van der Waals surface area (Å²) in [5, 5.41) is 2.98. The van der Waals surface area contributed by atoms with Crippen molar-refractivity contribution in [2.24, 2.45) is 0 Å². The zero-order valence-corrected chi connectivity index (χ0v) is 15.1. The van der Waals surface area contributed by atoms with Gasteiger partial charge < -0.3 is 5.32 Å². The molecule has 0 bridgehead atoms. The van der Waals surface area contributed by atoms with Gasteiger partial charge in [-0.3, -0.25) is 4.79 Å². The Kier molecular flexibility index (Phi) is 6.52. The van der Waals surface area contributed by atoms with E-state index < -0.39 is 21.7 Å². The first-order valence-electron chi connectivity index (χ1n) is 7.64. The van der Waals surface area contributed by atoms with Crippen molar-refractivity contribution < 1.29 is 17.6 Å². The van der Waals surface area contributed by atoms with Crippen LogP contribution in [0.1, 0.15) is 13.3 Å². The zero-order valence-electron chi connectivity index (χ0n) is 13.6. The lowest BCUT2D eigenvalue weighted by Crippen LogP contribution is -2.38. The van der Waals surface area contributed by atoms with Crippen LogP contribution in [0.2, 0.25) is 5.02 Å². The minimum atomic E-state index is -3.82. The van der Waals surface area contributed by atoms with Gasteiger partial charge in [-0.1, -0.05) is 18.5 Å². The van der Waals surface area contributed by atoms with Crippen molar-refractivity contribution in [2.45, 2.75) is 18.2 Å². The average Bonchev–Trinajstić information content (AvgIpc) is 2.57. The number of hydrogen-bond acceptors (Lipinski definition) is 3. The van der Waals surface area contributed by atoms with Crippen LogP contribution in [0.25, 0.3) is 0 Å². The van der Waals surface area contributed by atoms with Crippen molar-refractivity contribution in [1.29, 1.82) is 0 Å². The zero-order chi connectivity index (χ0) is 18.4. The fourth-order valence-electron chi connectivity index (χ4n) is 2.18. The Morgan fingerprint density at radius 3 is 2.28 bits per heavy atom. The summed E-state index contributed by atoms with van der Waals surface area (Å²) in [6.07, 6.45) is 0.552. The third-order valence-electron chi connectivity index (χ3n) is 3.37. The molecule has 2 aromatic rings.